The summed E-state index contributed by atoms with van der Waals surface area (Å²) in [5, 5.41) is 12.4. The number of nitrogens with one attached hydrogen (secondary N) is 1. The van der Waals surface area contributed by atoms with Gasteiger partial charge in [0.05, 0.1) is 16.5 Å². The van der Waals surface area contributed by atoms with Crippen LogP contribution in [0.1, 0.15) is 12.8 Å². The van der Waals surface area contributed by atoms with Crippen LogP contribution in [0.3, 0.4) is 0 Å². The zero-order valence-corrected chi connectivity index (χ0v) is 14.4. The van der Waals surface area contributed by atoms with Crippen molar-refractivity contribution in [2.75, 3.05) is 18.4 Å². The van der Waals surface area contributed by atoms with E-state index in [9.17, 15) is 18.3 Å². The van der Waals surface area contributed by atoms with Crippen LogP contribution in [0.15, 0.2) is 59.5 Å². The molecule has 3 rings (SSSR count). The third-order valence-corrected chi connectivity index (χ3v) is 6.18. The molecule has 0 aliphatic carbocycles. The number of benzene rings is 2. The molecule has 1 aliphatic rings. The average molecular weight is 360 g/mol. The number of anilines is 1. The highest BCUT2D eigenvalue weighted by molar-refractivity contribution is 7.89. The largest absolute Gasteiger partial charge is 0.506 e. The Bertz CT molecular complexity index is 852. The number of phenols is 1. The quantitative estimate of drug-likeness (QED) is 0.820. The van der Waals surface area contributed by atoms with Gasteiger partial charge in [0.1, 0.15) is 5.75 Å². The lowest BCUT2D eigenvalue weighted by molar-refractivity contribution is -0.120. The molecule has 2 aromatic rings. The molecule has 0 aromatic heterocycles. The second kappa shape index (κ2) is 7.25. The SMILES string of the molecule is O=C(Nc1ccccc1O)C1CCCN(S(=O)(=O)c2ccccc2)C1. The van der Waals surface area contributed by atoms with Crippen molar-refractivity contribution < 1.29 is 18.3 Å². The minimum Gasteiger partial charge on any atom is -0.506 e. The summed E-state index contributed by atoms with van der Waals surface area (Å²) in [7, 11) is -3.61. The Kier molecular flexibility index (Phi) is 5.06. The van der Waals surface area contributed by atoms with Crippen LogP contribution in [0.2, 0.25) is 0 Å². The maximum atomic E-state index is 12.7. The van der Waals surface area contributed by atoms with Crippen molar-refractivity contribution >= 4 is 21.6 Å². The Hall–Kier alpha value is -2.38. The number of carbonyl (C=O) groups is 1. The Morgan fingerprint density at radius 3 is 2.48 bits per heavy atom. The van der Waals surface area contributed by atoms with E-state index in [2.05, 4.69) is 5.32 Å². The Labute approximate surface area is 147 Å². The van der Waals surface area contributed by atoms with Gasteiger partial charge < -0.3 is 10.4 Å². The maximum absolute atomic E-state index is 12.7. The zero-order chi connectivity index (χ0) is 17.9. The molecule has 1 unspecified atom stereocenters. The molecular formula is C18H20N2O4S. The molecule has 132 valence electrons. The van der Waals surface area contributed by atoms with Crippen molar-refractivity contribution in [2.24, 2.45) is 5.92 Å². The van der Waals surface area contributed by atoms with Crippen LogP contribution < -0.4 is 5.32 Å². The Morgan fingerprint density at radius 1 is 1.08 bits per heavy atom. The van der Waals surface area contributed by atoms with Gasteiger partial charge in [-0.15, -0.1) is 0 Å². The van der Waals surface area contributed by atoms with Crippen LogP contribution in [0, 0.1) is 5.92 Å². The molecule has 0 spiro atoms. The van der Waals surface area contributed by atoms with E-state index in [0.29, 0.717) is 25.1 Å². The highest BCUT2D eigenvalue weighted by Gasteiger charge is 2.33. The van der Waals surface area contributed by atoms with Gasteiger partial charge in [-0.3, -0.25) is 4.79 Å². The van der Waals surface area contributed by atoms with Gasteiger partial charge in [0.25, 0.3) is 0 Å². The Balaban J connectivity index is 1.73. The van der Waals surface area contributed by atoms with E-state index in [1.807, 2.05) is 0 Å². The smallest absolute Gasteiger partial charge is 0.243 e. The van der Waals surface area contributed by atoms with Gasteiger partial charge in [-0.05, 0) is 37.1 Å². The number of aromatic hydroxyl groups is 1. The van der Waals surface area contributed by atoms with Gasteiger partial charge >= 0.3 is 0 Å². The fraction of sp³-hybridized carbons (Fsp3) is 0.278. The van der Waals surface area contributed by atoms with Crippen LogP contribution in [0.4, 0.5) is 5.69 Å². The van der Waals surface area contributed by atoms with E-state index in [0.717, 1.165) is 0 Å². The normalized spacial score (nSPS) is 18.6. The predicted molar refractivity (Wildman–Crippen MR) is 94.7 cm³/mol. The highest BCUT2D eigenvalue weighted by atomic mass is 32.2. The van der Waals surface area contributed by atoms with Crippen molar-refractivity contribution in [3.63, 3.8) is 0 Å². The molecule has 1 atom stereocenters. The standard InChI is InChI=1S/C18H20N2O4S/c21-17-11-5-4-10-16(17)19-18(22)14-7-6-12-20(13-14)25(23,24)15-8-2-1-3-9-15/h1-5,8-11,14,21H,6-7,12-13H2,(H,19,22). The molecule has 6 nitrogen and oxygen atoms in total. The number of sulfonamides is 1. The molecule has 2 aromatic carbocycles. The van der Waals surface area contributed by atoms with E-state index in [1.165, 1.54) is 10.4 Å². The van der Waals surface area contributed by atoms with Crippen molar-refractivity contribution in [3.05, 3.63) is 54.6 Å². The van der Waals surface area contributed by atoms with E-state index in [4.69, 9.17) is 0 Å². The number of amides is 1. The van der Waals surface area contributed by atoms with Gasteiger partial charge in [0.2, 0.25) is 15.9 Å². The lowest BCUT2D eigenvalue weighted by Gasteiger charge is -2.31. The number of piperidine rings is 1. The van der Waals surface area contributed by atoms with E-state index in [1.54, 1.807) is 48.5 Å². The van der Waals surface area contributed by atoms with Gasteiger partial charge in [0.15, 0.2) is 0 Å². The summed E-state index contributed by atoms with van der Waals surface area (Å²) in [6.07, 6.45) is 1.23. The molecular weight excluding hydrogens is 340 g/mol. The second-order valence-corrected chi connectivity index (χ2v) is 7.96. The number of hydrogen-bond acceptors (Lipinski definition) is 4. The molecule has 1 saturated heterocycles. The monoisotopic (exact) mass is 360 g/mol. The average Bonchev–Trinajstić information content (AvgIpc) is 2.64. The van der Waals surface area contributed by atoms with Crippen LogP contribution in [0.25, 0.3) is 0 Å². The van der Waals surface area contributed by atoms with Crippen LogP contribution in [0.5, 0.6) is 5.75 Å². The summed E-state index contributed by atoms with van der Waals surface area (Å²) in [6.45, 7) is 0.536. The third-order valence-electron chi connectivity index (χ3n) is 4.30. The summed E-state index contributed by atoms with van der Waals surface area (Å²) in [4.78, 5) is 12.7. The van der Waals surface area contributed by atoms with E-state index in [-0.39, 0.29) is 23.1 Å². The molecule has 1 aliphatic heterocycles. The van der Waals surface area contributed by atoms with Gasteiger partial charge in [-0.1, -0.05) is 30.3 Å². The van der Waals surface area contributed by atoms with Crippen LogP contribution in [-0.4, -0.2) is 36.8 Å². The highest BCUT2D eigenvalue weighted by Crippen LogP contribution is 2.26. The first-order chi connectivity index (χ1) is 12.0. The van der Waals surface area contributed by atoms with Crippen molar-refractivity contribution in [1.29, 1.82) is 0 Å². The first-order valence-electron chi connectivity index (χ1n) is 8.12. The predicted octanol–water partition coefficient (Wildman–Crippen LogP) is 2.43. The summed E-state index contributed by atoms with van der Waals surface area (Å²) in [5.74, 6) is -0.748. The lowest BCUT2D eigenvalue weighted by Crippen LogP contribution is -2.43. The molecule has 1 amide bonds. The minimum absolute atomic E-state index is 0.0135. The third kappa shape index (κ3) is 3.83. The molecule has 0 bridgehead atoms. The molecule has 2 N–H and O–H groups in total. The first-order valence-corrected chi connectivity index (χ1v) is 9.56. The molecule has 0 radical (unpaired) electrons. The fourth-order valence-corrected chi connectivity index (χ4v) is 4.48. The van der Waals surface area contributed by atoms with E-state index >= 15 is 0 Å². The number of phenolic OH excluding ortho intramolecular Hbond substituents is 1. The van der Waals surface area contributed by atoms with Gasteiger partial charge in [-0.25, -0.2) is 8.42 Å². The number of para-hydroxylation sites is 2. The molecule has 7 heteroatoms. The number of carbonyl (C=O) groups excluding carboxylic acids is 1. The topological polar surface area (TPSA) is 86.7 Å². The van der Waals surface area contributed by atoms with Crippen molar-refractivity contribution in [3.8, 4) is 5.75 Å². The number of nitrogens with zero attached hydrogens (tertiary/aromatic N) is 1. The molecule has 25 heavy (non-hydrogen) atoms. The van der Waals surface area contributed by atoms with E-state index < -0.39 is 15.9 Å². The minimum atomic E-state index is -3.61. The summed E-state index contributed by atoms with van der Waals surface area (Å²) < 4.78 is 26.8. The fourth-order valence-electron chi connectivity index (χ4n) is 2.93. The summed E-state index contributed by atoms with van der Waals surface area (Å²) in [6, 6.07) is 14.7. The lowest BCUT2D eigenvalue weighted by atomic mass is 9.98. The van der Waals surface area contributed by atoms with Gasteiger partial charge in [-0.2, -0.15) is 4.31 Å². The zero-order valence-electron chi connectivity index (χ0n) is 13.6. The summed E-state index contributed by atoms with van der Waals surface area (Å²) in [5.41, 5.74) is 0.329. The van der Waals surface area contributed by atoms with Crippen LogP contribution >= 0.6 is 0 Å². The van der Waals surface area contributed by atoms with Crippen molar-refractivity contribution in [1.82, 2.24) is 4.31 Å². The molecule has 1 fully saturated rings. The van der Waals surface area contributed by atoms with Gasteiger partial charge in [0, 0.05) is 13.1 Å². The second-order valence-electron chi connectivity index (χ2n) is 6.02. The summed E-state index contributed by atoms with van der Waals surface area (Å²) >= 11 is 0. The van der Waals surface area contributed by atoms with Crippen molar-refractivity contribution in [2.45, 2.75) is 17.7 Å². The molecule has 1 heterocycles. The molecule has 0 saturated carbocycles. The number of rotatable bonds is 4. The maximum Gasteiger partial charge on any atom is 0.243 e. The van der Waals surface area contributed by atoms with Crippen LogP contribution in [-0.2, 0) is 14.8 Å². The number of hydrogen-bond donors (Lipinski definition) is 2. The first kappa shape index (κ1) is 17.4. The Morgan fingerprint density at radius 2 is 1.76 bits per heavy atom.